The summed E-state index contributed by atoms with van der Waals surface area (Å²) in [6.45, 7) is 1.83. The van der Waals surface area contributed by atoms with Crippen molar-refractivity contribution in [1.29, 1.82) is 0 Å². The van der Waals surface area contributed by atoms with Gasteiger partial charge in [0.15, 0.2) is 11.7 Å². The molecular formula is C12H12N6. The fourth-order valence-electron chi connectivity index (χ4n) is 1.24. The van der Waals surface area contributed by atoms with Gasteiger partial charge < -0.3 is 5.73 Å². The van der Waals surface area contributed by atoms with Gasteiger partial charge in [0.1, 0.15) is 0 Å². The first-order valence-electron chi connectivity index (χ1n) is 5.33. The maximum Gasteiger partial charge on any atom is 0.196 e. The van der Waals surface area contributed by atoms with Gasteiger partial charge in [-0.2, -0.15) is 5.10 Å². The van der Waals surface area contributed by atoms with Crippen LogP contribution in [0.25, 0.3) is 0 Å². The highest BCUT2D eigenvalue weighted by Gasteiger charge is 2.00. The Balaban J connectivity index is 2.20. The van der Waals surface area contributed by atoms with E-state index < -0.39 is 0 Å². The molecule has 2 aromatic heterocycles. The zero-order valence-corrected chi connectivity index (χ0v) is 9.85. The van der Waals surface area contributed by atoms with Crippen LogP contribution in [0.1, 0.15) is 18.3 Å². The first-order chi connectivity index (χ1) is 8.77. The van der Waals surface area contributed by atoms with E-state index in [0.717, 1.165) is 11.3 Å². The lowest BCUT2D eigenvalue weighted by atomic mass is 10.2. The molecule has 0 bridgehead atoms. The van der Waals surface area contributed by atoms with Crippen molar-refractivity contribution in [2.75, 3.05) is 0 Å². The minimum atomic E-state index is 0.179. The van der Waals surface area contributed by atoms with Crippen molar-refractivity contribution >= 4 is 11.5 Å². The lowest BCUT2D eigenvalue weighted by Gasteiger charge is -1.98. The summed E-state index contributed by atoms with van der Waals surface area (Å²) in [5, 5.41) is 7.93. The van der Waals surface area contributed by atoms with Gasteiger partial charge in [0.25, 0.3) is 0 Å². The molecular weight excluding hydrogens is 228 g/mol. The van der Waals surface area contributed by atoms with Crippen LogP contribution in [-0.2, 0) is 0 Å². The van der Waals surface area contributed by atoms with Gasteiger partial charge in [-0.1, -0.05) is 6.07 Å². The van der Waals surface area contributed by atoms with Crippen molar-refractivity contribution in [2.24, 2.45) is 15.9 Å². The third-order valence-corrected chi connectivity index (χ3v) is 2.18. The van der Waals surface area contributed by atoms with Crippen molar-refractivity contribution in [3.05, 3.63) is 54.4 Å². The van der Waals surface area contributed by atoms with E-state index in [1.165, 1.54) is 0 Å². The normalized spacial score (nSPS) is 12.5. The molecule has 0 aliphatic carbocycles. The van der Waals surface area contributed by atoms with Gasteiger partial charge in [0.05, 0.1) is 5.71 Å². The molecule has 90 valence electrons. The van der Waals surface area contributed by atoms with E-state index in [1.807, 2.05) is 19.1 Å². The Morgan fingerprint density at radius 2 is 1.89 bits per heavy atom. The van der Waals surface area contributed by atoms with Gasteiger partial charge in [0.2, 0.25) is 0 Å². The van der Waals surface area contributed by atoms with Gasteiger partial charge in [-0.25, -0.2) is 9.97 Å². The van der Waals surface area contributed by atoms with E-state index in [1.54, 1.807) is 30.9 Å². The molecule has 6 nitrogen and oxygen atoms in total. The zero-order valence-electron chi connectivity index (χ0n) is 9.85. The lowest BCUT2D eigenvalue weighted by molar-refractivity contribution is 1.10. The average Bonchev–Trinajstić information content (AvgIpc) is 2.46. The lowest BCUT2D eigenvalue weighted by Crippen LogP contribution is -2.16. The second kappa shape index (κ2) is 5.62. The number of rotatable bonds is 3. The molecule has 0 aliphatic rings. The van der Waals surface area contributed by atoms with E-state index in [4.69, 9.17) is 5.73 Å². The van der Waals surface area contributed by atoms with Gasteiger partial charge in [0, 0.05) is 30.4 Å². The Morgan fingerprint density at radius 3 is 2.56 bits per heavy atom. The molecule has 0 spiro atoms. The number of nitrogens with zero attached hydrogens (tertiary/aromatic N) is 5. The molecule has 0 aliphatic heterocycles. The molecule has 0 unspecified atom stereocenters. The Morgan fingerprint density at radius 1 is 1.11 bits per heavy atom. The highest BCUT2D eigenvalue weighted by Crippen LogP contribution is 1.99. The minimum Gasteiger partial charge on any atom is -0.379 e. The number of hydrogen-bond acceptors (Lipinski definition) is 5. The number of amidine groups is 1. The van der Waals surface area contributed by atoms with Gasteiger partial charge in [-0.05, 0) is 19.1 Å². The second-order valence-electron chi connectivity index (χ2n) is 3.48. The van der Waals surface area contributed by atoms with Crippen molar-refractivity contribution in [3.8, 4) is 0 Å². The minimum absolute atomic E-state index is 0.179. The van der Waals surface area contributed by atoms with Crippen LogP contribution in [0.2, 0.25) is 0 Å². The third kappa shape index (κ3) is 2.94. The molecule has 6 heteroatoms. The first kappa shape index (κ1) is 11.8. The summed E-state index contributed by atoms with van der Waals surface area (Å²) in [6, 6.07) is 5.44. The molecule has 0 aromatic carbocycles. The Bertz CT molecular complexity index is 508. The molecule has 0 radical (unpaired) electrons. The molecule has 2 rings (SSSR count). The Hall–Kier alpha value is -2.63. The molecule has 0 saturated heterocycles. The van der Waals surface area contributed by atoms with E-state index in [-0.39, 0.29) is 5.84 Å². The van der Waals surface area contributed by atoms with Crippen molar-refractivity contribution in [2.45, 2.75) is 6.92 Å². The van der Waals surface area contributed by atoms with Crippen molar-refractivity contribution in [3.63, 3.8) is 0 Å². The predicted octanol–water partition coefficient (Wildman–Crippen LogP) is 1.00. The third-order valence-electron chi connectivity index (χ3n) is 2.18. The fourth-order valence-corrected chi connectivity index (χ4v) is 1.24. The number of nitrogens with two attached hydrogens (primary N) is 1. The molecule has 0 atom stereocenters. The van der Waals surface area contributed by atoms with Crippen LogP contribution in [0.3, 0.4) is 0 Å². The highest BCUT2D eigenvalue weighted by molar-refractivity contribution is 5.99. The molecule has 0 saturated carbocycles. The maximum atomic E-state index is 5.72. The topological polar surface area (TPSA) is 89.4 Å². The largest absolute Gasteiger partial charge is 0.379 e. The summed E-state index contributed by atoms with van der Waals surface area (Å²) in [7, 11) is 0. The Labute approximate surface area is 104 Å². The SMILES string of the molecule is C/C(=N/N=C(\N)c1ncccn1)c1cccnc1. The zero-order chi connectivity index (χ0) is 12.8. The van der Waals surface area contributed by atoms with Gasteiger partial charge in [-0.15, -0.1) is 5.10 Å². The monoisotopic (exact) mass is 240 g/mol. The second-order valence-corrected chi connectivity index (χ2v) is 3.48. The summed E-state index contributed by atoms with van der Waals surface area (Å²) in [5.74, 6) is 0.541. The van der Waals surface area contributed by atoms with E-state index >= 15 is 0 Å². The van der Waals surface area contributed by atoms with Crippen LogP contribution in [0, 0.1) is 0 Å². The van der Waals surface area contributed by atoms with Crippen LogP contribution in [0.15, 0.2) is 53.2 Å². The smallest absolute Gasteiger partial charge is 0.196 e. The molecule has 2 aromatic rings. The molecule has 0 fully saturated rings. The predicted molar refractivity (Wildman–Crippen MR) is 69.2 cm³/mol. The molecule has 0 amide bonds. The van der Waals surface area contributed by atoms with Crippen LogP contribution in [-0.4, -0.2) is 26.5 Å². The molecule has 2 N–H and O–H groups in total. The van der Waals surface area contributed by atoms with E-state index in [0.29, 0.717) is 5.82 Å². The van der Waals surface area contributed by atoms with E-state index in [2.05, 4.69) is 25.2 Å². The van der Waals surface area contributed by atoms with Crippen molar-refractivity contribution in [1.82, 2.24) is 15.0 Å². The summed E-state index contributed by atoms with van der Waals surface area (Å²) in [5.41, 5.74) is 7.34. The molecule has 2 heterocycles. The number of hydrogen-bond donors (Lipinski definition) is 1. The summed E-state index contributed by atoms with van der Waals surface area (Å²) in [4.78, 5) is 12.0. The fraction of sp³-hybridized carbons (Fsp3) is 0.0833. The number of aromatic nitrogens is 3. The van der Waals surface area contributed by atoms with Gasteiger partial charge in [-0.3, -0.25) is 4.98 Å². The van der Waals surface area contributed by atoms with Gasteiger partial charge >= 0.3 is 0 Å². The average molecular weight is 240 g/mol. The highest BCUT2D eigenvalue weighted by atomic mass is 15.2. The Kier molecular flexibility index (Phi) is 3.70. The summed E-state index contributed by atoms with van der Waals surface area (Å²) in [6.07, 6.45) is 6.61. The molecule has 18 heavy (non-hydrogen) atoms. The number of pyridine rings is 1. The quantitative estimate of drug-likeness (QED) is 0.492. The standard InChI is InChI=1S/C12H12N6/c1-9(10-4-2-5-14-8-10)17-18-11(13)12-15-6-3-7-16-12/h2-8H,1H3,(H2,13,18)/b17-9-. The first-order valence-corrected chi connectivity index (χ1v) is 5.33. The van der Waals surface area contributed by atoms with E-state index in [9.17, 15) is 0 Å². The van der Waals surface area contributed by atoms with Crippen LogP contribution in [0.4, 0.5) is 0 Å². The van der Waals surface area contributed by atoms with Crippen LogP contribution in [0.5, 0.6) is 0 Å². The van der Waals surface area contributed by atoms with Crippen LogP contribution >= 0.6 is 0 Å². The maximum absolute atomic E-state index is 5.72. The summed E-state index contributed by atoms with van der Waals surface area (Å²) < 4.78 is 0. The van der Waals surface area contributed by atoms with Crippen LogP contribution < -0.4 is 5.73 Å². The summed E-state index contributed by atoms with van der Waals surface area (Å²) >= 11 is 0. The van der Waals surface area contributed by atoms with Crippen molar-refractivity contribution < 1.29 is 0 Å².